The predicted octanol–water partition coefficient (Wildman–Crippen LogP) is 2.65. The number of rotatable bonds is 3. The van der Waals surface area contributed by atoms with Gasteiger partial charge in [-0.1, -0.05) is 30.3 Å². The van der Waals surface area contributed by atoms with Gasteiger partial charge in [-0.25, -0.2) is 4.79 Å². The van der Waals surface area contributed by atoms with E-state index in [4.69, 9.17) is 9.47 Å². The Morgan fingerprint density at radius 2 is 2.06 bits per heavy atom. The maximum absolute atomic E-state index is 12.2. The lowest BCUT2D eigenvalue weighted by atomic mass is 9.89. The number of carbonyl (C=O) groups excluding carboxylic acids is 1. The summed E-state index contributed by atoms with van der Waals surface area (Å²) in [5, 5.41) is 0. The maximum Gasteiger partial charge on any atom is 0.343 e. The Hall–Kier alpha value is -1.35. The van der Waals surface area contributed by atoms with Crippen LogP contribution in [-0.4, -0.2) is 19.2 Å². The van der Waals surface area contributed by atoms with Crippen LogP contribution in [0, 0.1) is 0 Å². The molecule has 1 aromatic carbocycles. The molecule has 1 aliphatic rings. The predicted molar refractivity (Wildman–Crippen MR) is 64.6 cm³/mol. The van der Waals surface area contributed by atoms with Crippen LogP contribution >= 0.6 is 0 Å². The van der Waals surface area contributed by atoms with Gasteiger partial charge >= 0.3 is 5.97 Å². The third-order valence-electron chi connectivity index (χ3n) is 3.12. The Morgan fingerprint density at radius 3 is 2.76 bits per heavy atom. The summed E-state index contributed by atoms with van der Waals surface area (Å²) < 4.78 is 11.0. The molecule has 0 spiro atoms. The van der Waals surface area contributed by atoms with Gasteiger partial charge in [-0.3, -0.25) is 0 Å². The van der Waals surface area contributed by atoms with Crippen LogP contribution in [0.15, 0.2) is 30.3 Å². The molecule has 1 heterocycles. The van der Waals surface area contributed by atoms with Crippen LogP contribution in [0.4, 0.5) is 0 Å². The monoisotopic (exact) mass is 234 g/mol. The van der Waals surface area contributed by atoms with Crippen molar-refractivity contribution in [1.29, 1.82) is 0 Å². The first kappa shape index (κ1) is 12.1. The number of carbonyl (C=O) groups is 1. The summed E-state index contributed by atoms with van der Waals surface area (Å²) in [6.45, 7) is 2.91. The molecule has 3 heteroatoms. The molecule has 3 nitrogen and oxygen atoms in total. The molecule has 0 aliphatic carbocycles. The van der Waals surface area contributed by atoms with E-state index in [1.165, 1.54) is 0 Å². The summed E-state index contributed by atoms with van der Waals surface area (Å²) in [5.41, 5.74) is 0.000671. The normalized spacial score (nSPS) is 25.1. The van der Waals surface area contributed by atoms with Crippen LogP contribution in [0.3, 0.4) is 0 Å². The van der Waals surface area contributed by atoms with Crippen LogP contribution < -0.4 is 0 Å². The fraction of sp³-hybridized carbons (Fsp3) is 0.500. The number of esters is 1. The van der Waals surface area contributed by atoms with Gasteiger partial charge in [0.25, 0.3) is 0 Å². The van der Waals surface area contributed by atoms with Crippen molar-refractivity contribution in [2.75, 3.05) is 13.2 Å². The molecular formula is C14H18O3. The molecular weight excluding hydrogens is 216 g/mol. The van der Waals surface area contributed by atoms with Crippen LogP contribution in [0.5, 0.6) is 0 Å². The molecule has 92 valence electrons. The Kier molecular flexibility index (Phi) is 3.79. The molecule has 0 radical (unpaired) electrons. The van der Waals surface area contributed by atoms with Crippen molar-refractivity contribution in [2.45, 2.75) is 31.8 Å². The Morgan fingerprint density at radius 1 is 1.29 bits per heavy atom. The minimum Gasteiger partial charge on any atom is -0.463 e. The van der Waals surface area contributed by atoms with Gasteiger partial charge in [0.1, 0.15) is 0 Å². The molecule has 0 bridgehead atoms. The highest BCUT2D eigenvalue weighted by Crippen LogP contribution is 2.34. The van der Waals surface area contributed by atoms with Crippen LogP contribution in [0.1, 0.15) is 31.7 Å². The quantitative estimate of drug-likeness (QED) is 0.754. The third-order valence-corrected chi connectivity index (χ3v) is 3.12. The molecule has 2 rings (SSSR count). The second kappa shape index (κ2) is 5.32. The molecule has 0 aromatic heterocycles. The Bertz CT molecular complexity index is 374. The molecule has 1 aromatic rings. The van der Waals surface area contributed by atoms with Crippen molar-refractivity contribution < 1.29 is 14.3 Å². The van der Waals surface area contributed by atoms with Crippen LogP contribution in [0.2, 0.25) is 0 Å². The van der Waals surface area contributed by atoms with E-state index in [1.54, 1.807) is 0 Å². The van der Waals surface area contributed by atoms with Crippen molar-refractivity contribution in [2.24, 2.45) is 0 Å². The molecule has 1 atom stereocenters. The van der Waals surface area contributed by atoms with Crippen molar-refractivity contribution in [3.63, 3.8) is 0 Å². The molecule has 1 unspecified atom stereocenters. The second-order valence-electron chi connectivity index (χ2n) is 4.22. The fourth-order valence-electron chi connectivity index (χ4n) is 2.29. The summed E-state index contributed by atoms with van der Waals surface area (Å²) in [6.07, 6.45) is 2.55. The van der Waals surface area contributed by atoms with Crippen molar-refractivity contribution >= 4 is 5.97 Å². The van der Waals surface area contributed by atoms with Gasteiger partial charge in [0.15, 0.2) is 5.60 Å². The summed E-state index contributed by atoms with van der Waals surface area (Å²) in [5.74, 6) is -0.247. The SMILES string of the molecule is CCOC1(c2ccccc2)CCCCOC1=O. The molecule has 0 amide bonds. The highest BCUT2D eigenvalue weighted by atomic mass is 16.6. The first-order valence-corrected chi connectivity index (χ1v) is 6.16. The second-order valence-corrected chi connectivity index (χ2v) is 4.22. The van der Waals surface area contributed by atoms with Gasteiger partial charge in [0.2, 0.25) is 0 Å². The van der Waals surface area contributed by atoms with Crippen molar-refractivity contribution in [3.8, 4) is 0 Å². The minimum absolute atomic E-state index is 0.247. The average molecular weight is 234 g/mol. The molecule has 0 N–H and O–H groups in total. The lowest BCUT2D eigenvalue weighted by molar-refractivity contribution is -0.172. The van der Waals surface area contributed by atoms with E-state index in [0.717, 1.165) is 18.4 Å². The topological polar surface area (TPSA) is 35.5 Å². The van der Waals surface area contributed by atoms with E-state index in [9.17, 15) is 4.79 Å². The lowest BCUT2D eigenvalue weighted by Gasteiger charge is -2.30. The summed E-state index contributed by atoms with van der Waals surface area (Å²) in [4.78, 5) is 12.2. The Balaban J connectivity index is 2.39. The average Bonchev–Trinajstić information content (AvgIpc) is 2.55. The molecule has 17 heavy (non-hydrogen) atoms. The van der Waals surface area contributed by atoms with Gasteiger partial charge in [-0.2, -0.15) is 0 Å². The zero-order valence-electron chi connectivity index (χ0n) is 10.1. The standard InChI is InChI=1S/C14H18O3/c1-2-17-14(12-8-4-3-5-9-12)10-6-7-11-16-13(14)15/h3-5,8-9H,2,6-7,10-11H2,1H3. The smallest absolute Gasteiger partial charge is 0.343 e. The zero-order valence-corrected chi connectivity index (χ0v) is 10.1. The summed E-state index contributed by atoms with van der Waals surface area (Å²) >= 11 is 0. The number of benzene rings is 1. The Labute approximate surface area is 102 Å². The van der Waals surface area contributed by atoms with Gasteiger partial charge in [-0.05, 0) is 31.7 Å². The zero-order chi connectivity index (χ0) is 12.1. The molecule has 1 fully saturated rings. The first-order chi connectivity index (χ1) is 8.29. The van der Waals surface area contributed by atoms with Gasteiger partial charge in [-0.15, -0.1) is 0 Å². The van der Waals surface area contributed by atoms with Gasteiger partial charge in [0, 0.05) is 6.61 Å². The van der Waals surface area contributed by atoms with Crippen LogP contribution in [0.25, 0.3) is 0 Å². The number of hydrogen-bond donors (Lipinski definition) is 0. The fourth-order valence-corrected chi connectivity index (χ4v) is 2.29. The van der Waals surface area contributed by atoms with Crippen molar-refractivity contribution in [3.05, 3.63) is 35.9 Å². The molecule has 1 saturated heterocycles. The highest BCUT2D eigenvalue weighted by molar-refractivity contribution is 5.81. The van der Waals surface area contributed by atoms with Gasteiger partial charge in [0.05, 0.1) is 6.61 Å². The summed E-state index contributed by atoms with van der Waals surface area (Å²) in [7, 11) is 0. The van der Waals surface area contributed by atoms with E-state index in [-0.39, 0.29) is 5.97 Å². The van der Waals surface area contributed by atoms with E-state index >= 15 is 0 Å². The highest BCUT2D eigenvalue weighted by Gasteiger charge is 2.43. The van der Waals surface area contributed by atoms with Crippen LogP contribution in [-0.2, 0) is 19.9 Å². The van der Waals surface area contributed by atoms with Gasteiger partial charge < -0.3 is 9.47 Å². The van der Waals surface area contributed by atoms with Crippen molar-refractivity contribution in [1.82, 2.24) is 0 Å². The van der Waals surface area contributed by atoms with E-state index in [2.05, 4.69) is 0 Å². The van der Waals surface area contributed by atoms with E-state index in [1.807, 2.05) is 37.3 Å². The summed E-state index contributed by atoms with van der Waals surface area (Å²) in [6, 6.07) is 9.65. The maximum atomic E-state index is 12.2. The minimum atomic E-state index is -0.896. The molecule has 0 saturated carbocycles. The number of ether oxygens (including phenoxy) is 2. The largest absolute Gasteiger partial charge is 0.463 e. The number of cyclic esters (lactones) is 1. The van der Waals surface area contributed by atoms with E-state index < -0.39 is 5.60 Å². The first-order valence-electron chi connectivity index (χ1n) is 6.16. The van der Waals surface area contributed by atoms with E-state index in [0.29, 0.717) is 19.6 Å². The third kappa shape index (κ3) is 2.34. The number of hydrogen-bond acceptors (Lipinski definition) is 3. The lowest BCUT2D eigenvalue weighted by Crippen LogP contribution is -2.39. The molecule has 1 aliphatic heterocycles.